The van der Waals surface area contributed by atoms with Crippen LogP contribution in [0.5, 0.6) is 0 Å². The zero-order chi connectivity index (χ0) is 7.99. The Bertz CT molecular complexity index is 130. The molecular formula is C4H4F4O2. The van der Waals surface area contributed by atoms with E-state index in [0.717, 1.165) is 6.92 Å². The fourth-order valence-corrected chi connectivity index (χ4v) is 0.578. The molecule has 0 radical (unpaired) electrons. The van der Waals surface area contributed by atoms with Crippen LogP contribution in [0.4, 0.5) is 17.6 Å². The summed E-state index contributed by atoms with van der Waals surface area (Å²) in [4.78, 5) is 0. The van der Waals surface area contributed by atoms with Gasteiger partial charge in [0.25, 0.3) is 0 Å². The van der Waals surface area contributed by atoms with Crippen molar-refractivity contribution in [2.75, 3.05) is 0 Å². The molecule has 0 bridgehead atoms. The van der Waals surface area contributed by atoms with E-state index >= 15 is 0 Å². The molecule has 2 nitrogen and oxygen atoms in total. The molecule has 10 heavy (non-hydrogen) atoms. The molecule has 0 amide bonds. The summed E-state index contributed by atoms with van der Waals surface area (Å²) in [6, 6.07) is 0. The van der Waals surface area contributed by atoms with Crippen LogP contribution >= 0.6 is 0 Å². The van der Waals surface area contributed by atoms with E-state index in [1.807, 2.05) is 0 Å². The summed E-state index contributed by atoms with van der Waals surface area (Å²) in [5.41, 5.74) is 0. The SMILES string of the molecule is CC1OC(F)(F)C(F)(F)O1. The van der Waals surface area contributed by atoms with Crippen LogP contribution in [0, 0.1) is 0 Å². The first kappa shape index (κ1) is 7.74. The first-order valence-corrected chi connectivity index (χ1v) is 2.46. The van der Waals surface area contributed by atoms with Gasteiger partial charge >= 0.3 is 12.2 Å². The number of rotatable bonds is 0. The van der Waals surface area contributed by atoms with Gasteiger partial charge in [0.05, 0.1) is 0 Å². The van der Waals surface area contributed by atoms with Crippen molar-refractivity contribution in [1.82, 2.24) is 0 Å². The van der Waals surface area contributed by atoms with Gasteiger partial charge in [-0.1, -0.05) is 0 Å². The van der Waals surface area contributed by atoms with Gasteiger partial charge in [-0.05, 0) is 6.92 Å². The molecule has 0 unspecified atom stereocenters. The van der Waals surface area contributed by atoms with Gasteiger partial charge in [0.15, 0.2) is 6.29 Å². The van der Waals surface area contributed by atoms with Gasteiger partial charge in [0.2, 0.25) is 0 Å². The molecule has 1 heterocycles. The Hall–Kier alpha value is -0.360. The van der Waals surface area contributed by atoms with Gasteiger partial charge in [-0.15, -0.1) is 0 Å². The predicted octanol–water partition coefficient (Wildman–Crippen LogP) is 1.56. The maximum atomic E-state index is 11.9. The molecule has 1 aliphatic rings. The molecule has 0 aliphatic carbocycles. The van der Waals surface area contributed by atoms with E-state index in [-0.39, 0.29) is 0 Å². The number of halogens is 4. The summed E-state index contributed by atoms with van der Waals surface area (Å²) < 4.78 is 54.4. The van der Waals surface area contributed by atoms with E-state index in [1.54, 1.807) is 0 Å². The Labute approximate surface area is 53.7 Å². The van der Waals surface area contributed by atoms with E-state index in [2.05, 4.69) is 9.47 Å². The molecule has 1 rings (SSSR count). The summed E-state index contributed by atoms with van der Waals surface area (Å²) in [7, 11) is 0. The predicted molar refractivity (Wildman–Crippen MR) is 21.5 cm³/mol. The first-order valence-electron chi connectivity index (χ1n) is 2.46. The second-order valence-corrected chi connectivity index (χ2v) is 1.84. The van der Waals surface area contributed by atoms with Crippen LogP contribution in [0.1, 0.15) is 6.92 Å². The van der Waals surface area contributed by atoms with Crippen molar-refractivity contribution in [2.45, 2.75) is 25.4 Å². The summed E-state index contributed by atoms with van der Waals surface area (Å²) in [5.74, 6) is 0. The van der Waals surface area contributed by atoms with Gasteiger partial charge in [0.1, 0.15) is 0 Å². The van der Waals surface area contributed by atoms with E-state index in [1.165, 1.54) is 0 Å². The van der Waals surface area contributed by atoms with Crippen LogP contribution in [0.25, 0.3) is 0 Å². The molecule has 0 atom stereocenters. The van der Waals surface area contributed by atoms with E-state index in [0.29, 0.717) is 0 Å². The molecule has 0 aromatic rings. The molecule has 0 spiro atoms. The summed E-state index contributed by atoms with van der Waals surface area (Å²) in [6.07, 6.45) is -10.6. The highest BCUT2D eigenvalue weighted by Gasteiger charge is 2.66. The standard InChI is InChI=1S/C4H4F4O2/c1-2-9-3(5,6)4(7,8)10-2/h2H,1H3. The van der Waals surface area contributed by atoms with Crippen molar-refractivity contribution in [2.24, 2.45) is 0 Å². The normalized spacial score (nSPS) is 30.9. The molecular weight excluding hydrogens is 156 g/mol. The van der Waals surface area contributed by atoms with Crippen LogP contribution in [0.2, 0.25) is 0 Å². The Morgan fingerprint density at radius 3 is 1.40 bits per heavy atom. The summed E-state index contributed by atoms with van der Waals surface area (Å²) in [5, 5.41) is 0. The Morgan fingerprint density at radius 1 is 1.00 bits per heavy atom. The minimum Gasteiger partial charge on any atom is -0.284 e. The molecule has 1 saturated heterocycles. The van der Waals surface area contributed by atoms with Crippen LogP contribution in [-0.4, -0.2) is 18.5 Å². The van der Waals surface area contributed by atoms with Gasteiger partial charge in [-0.2, -0.15) is 17.6 Å². The lowest BCUT2D eigenvalue weighted by Gasteiger charge is -2.12. The third-order valence-corrected chi connectivity index (χ3v) is 0.967. The fraction of sp³-hybridized carbons (Fsp3) is 1.00. The summed E-state index contributed by atoms with van der Waals surface area (Å²) in [6.45, 7) is 0.967. The van der Waals surface area contributed by atoms with Crippen molar-refractivity contribution >= 4 is 0 Å². The number of ether oxygens (including phenoxy) is 2. The van der Waals surface area contributed by atoms with Crippen molar-refractivity contribution in [1.29, 1.82) is 0 Å². The number of hydrogen-bond acceptors (Lipinski definition) is 2. The van der Waals surface area contributed by atoms with Crippen molar-refractivity contribution < 1.29 is 27.0 Å². The Balaban J connectivity index is 2.78. The topological polar surface area (TPSA) is 18.5 Å². The fourth-order valence-electron chi connectivity index (χ4n) is 0.578. The van der Waals surface area contributed by atoms with Crippen LogP contribution in [-0.2, 0) is 9.47 Å². The highest BCUT2D eigenvalue weighted by atomic mass is 19.3. The van der Waals surface area contributed by atoms with E-state index in [9.17, 15) is 17.6 Å². The highest BCUT2D eigenvalue weighted by molar-refractivity contribution is 4.72. The molecule has 0 saturated carbocycles. The molecule has 6 heteroatoms. The monoisotopic (exact) mass is 160 g/mol. The molecule has 0 N–H and O–H groups in total. The maximum absolute atomic E-state index is 11.9. The van der Waals surface area contributed by atoms with E-state index < -0.39 is 18.5 Å². The number of alkyl halides is 4. The van der Waals surface area contributed by atoms with Crippen molar-refractivity contribution in [3.05, 3.63) is 0 Å². The van der Waals surface area contributed by atoms with Gasteiger partial charge in [0, 0.05) is 0 Å². The molecule has 60 valence electrons. The third kappa shape index (κ3) is 0.969. The third-order valence-electron chi connectivity index (χ3n) is 0.967. The average Bonchev–Trinajstić information content (AvgIpc) is 1.73. The number of hydrogen-bond donors (Lipinski definition) is 0. The smallest absolute Gasteiger partial charge is 0.284 e. The van der Waals surface area contributed by atoms with Crippen LogP contribution in [0.15, 0.2) is 0 Å². The molecule has 1 fully saturated rings. The second kappa shape index (κ2) is 1.82. The lowest BCUT2D eigenvalue weighted by molar-refractivity contribution is -0.344. The molecule has 0 aromatic heterocycles. The van der Waals surface area contributed by atoms with E-state index in [4.69, 9.17) is 0 Å². The minimum atomic E-state index is -4.49. The highest BCUT2D eigenvalue weighted by Crippen LogP contribution is 2.43. The van der Waals surface area contributed by atoms with Crippen molar-refractivity contribution in [3.8, 4) is 0 Å². The summed E-state index contributed by atoms with van der Waals surface area (Å²) >= 11 is 0. The molecule has 1 aliphatic heterocycles. The first-order chi connectivity index (χ1) is 4.35. The zero-order valence-electron chi connectivity index (χ0n) is 4.91. The Morgan fingerprint density at radius 2 is 1.30 bits per heavy atom. The van der Waals surface area contributed by atoms with Gasteiger partial charge < -0.3 is 0 Å². The lowest BCUT2D eigenvalue weighted by Crippen LogP contribution is -2.36. The average molecular weight is 160 g/mol. The minimum absolute atomic E-state index is 0.967. The Kier molecular flexibility index (Phi) is 1.41. The molecule has 0 aromatic carbocycles. The lowest BCUT2D eigenvalue weighted by atomic mass is 10.6. The van der Waals surface area contributed by atoms with Gasteiger partial charge in [-0.3, -0.25) is 9.47 Å². The van der Waals surface area contributed by atoms with Crippen molar-refractivity contribution in [3.63, 3.8) is 0 Å². The zero-order valence-corrected chi connectivity index (χ0v) is 4.91. The van der Waals surface area contributed by atoms with Gasteiger partial charge in [-0.25, -0.2) is 0 Å². The largest absolute Gasteiger partial charge is 0.450 e. The van der Waals surface area contributed by atoms with Crippen LogP contribution in [0.3, 0.4) is 0 Å². The quantitative estimate of drug-likeness (QED) is 0.500. The van der Waals surface area contributed by atoms with Crippen LogP contribution < -0.4 is 0 Å². The second-order valence-electron chi connectivity index (χ2n) is 1.84. The maximum Gasteiger partial charge on any atom is 0.450 e.